The van der Waals surface area contributed by atoms with Crippen molar-refractivity contribution in [3.63, 3.8) is 0 Å². The summed E-state index contributed by atoms with van der Waals surface area (Å²) >= 11 is 1.56. The maximum atomic E-state index is 9.88. The second-order valence-corrected chi connectivity index (χ2v) is 8.42. The molecule has 154 valence electrons. The lowest BCUT2D eigenvalue weighted by Crippen LogP contribution is -2.39. The number of aryl methyl sites for hydroxylation is 1. The second kappa shape index (κ2) is 7.98. The molecule has 1 saturated heterocycles. The van der Waals surface area contributed by atoms with Crippen LogP contribution in [0.15, 0.2) is 46.6 Å². The highest BCUT2D eigenvalue weighted by molar-refractivity contribution is 7.13. The molecule has 1 fully saturated rings. The van der Waals surface area contributed by atoms with E-state index in [-0.39, 0.29) is 0 Å². The summed E-state index contributed by atoms with van der Waals surface area (Å²) in [6, 6.07) is 8.33. The number of hydrogen-bond acceptors (Lipinski definition) is 9. The first-order chi connectivity index (χ1) is 15.2. The van der Waals surface area contributed by atoms with E-state index in [1.54, 1.807) is 29.9 Å². The summed E-state index contributed by atoms with van der Waals surface area (Å²) < 4.78 is 5.86. The van der Waals surface area contributed by atoms with Crippen molar-refractivity contribution in [2.24, 2.45) is 0 Å². The Balaban J connectivity index is 1.48. The average Bonchev–Trinajstić information content (AvgIpc) is 3.49. The number of aromatic nitrogens is 5. The molecule has 0 spiro atoms. The van der Waals surface area contributed by atoms with E-state index in [0.717, 1.165) is 47.6 Å². The van der Waals surface area contributed by atoms with Gasteiger partial charge in [0.1, 0.15) is 11.1 Å². The summed E-state index contributed by atoms with van der Waals surface area (Å²) in [5.74, 6) is 0.793. The molecule has 1 aliphatic rings. The Morgan fingerprint density at radius 2 is 1.94 bits per heavy atom. The molecule has 31 heavy (non-hydrogen) atoms. The minimum atomic E-state index is -0.577. The second-order valence-electron chi connectivity index (χ2n) is 7.51. The highest BCUT2D eigenvalue weighted by atomic mass is 32.1. The molecule has 4 aromatic heterocycles. The van der Waals surface area contributed by atoms with Crippen molar-refractivity contribution >= 4 is 11.3 Å². The molecule has 9 heteroatoms. The molecular weight excluding hydrogens is 410 g/mol. The fourth-order valence-corrected chi connectivity index (χ4v) is 4.59. The molecule has 5 heterocycles. The first-order valence-corrected chi connectivity index (χ1v) is 10.9. The molecule has 4 aromatic rings. The normalized spacial score (nSPS) is 15.5. The Hall–Kier alpha value is -3.48. The zero-order chi connectivity index (χ0) is 21.3. The van der Waals surface area contributed by atoms with E-state index in [1.165, 1.54) is 0 Å². The van der Waals surface area contributed by atoms with Crippen LogP contribution in [0.4, 0.5) is 0 Å². The smallest absolute Gasteiger partial charge is 0.268 e. The molecule has 5 rings (SSSR count). The molecule has 0 aliphatic carbocycles. The first-order valence-electron chi connectivity index (χ1n) is 9.98. The van der Waals surface area contributed by atoms with E-state index in [1.807, 2.05) is 30.5 Å². The Kier molecular flexibility index (Phi) is 5.02. The van der Waals surface area contributed by atoms with Crippen LogP contribution in [0.25, 0.3) is 33.6 Å². The van der Waals surface area contributed by atoms with Gasteiger partial charge < -0.3 is 9.73 Å². The van der Waals surface area contributed by atoms with Gasteiger partial charge in [0.15, 0.2) is 0 Å². The lowest BCUT2D eigenvalue weighted by Gasteiger charge is -2.30. The third-order valence-electron chi connectivity index (χ3n) is 5.55. The van der Waals surface area contributed by atoms with Crippen molar-refractivity contribution in [2.45, 2.75) is 25.2 Å². The lowest BCUT2D eigenvalue weighted by atomic mass is 9.77. The van der Waals surface area contributed by atoms with Crippen LogP contribution in [0.2, 0.25) is 0 Å². The number of rotatable bonds is 4. The van der Waals surface area contributed by atoms with Crippen molar-refractivity contribution in [1.29, 1.82) is 5.26 Å². The molecule has 0 unspecified atom stereocenters. The Labute approximate surface area is 183 Å². The van der Waals surface area contributed by atoms with Gasteiger partial charge >= 0.3 is 0 Å². The largest absolute Gasteiger partial charge is 0.414 e. The fraction of sp³-hybridized carbons (Fsp3) is 0.273. The van der Waals surface area contributed by atoms with Crippen LogP contribution in [0, 0.1) is 18.3 Å². The molecule has 0 saturated carbocycles. The van der Waals surface area contributed by atoms with Gasteiger partial charge in [-0.25, -0.2) is 4.98 Å². The van der Waals surface area contributed by atoms with E-state index >= 15 is 0 Å². The van der Waals surface area contributed by atoms with E-state index in [4.69, 9.17) is 4.42 Å². The van der Waals surface area contributed by atoms with Crippen LogP contribution in [-0.4, -0.2) is 38.2 Å². The van der Waals surface area contributed by atoms with Gasteiger partial charge in [0.05, 0.1) is 34.7 Å². The van der Waals surface area contributed by atoms with Gasteiger partial charge in [0, 0.05) is 11.8 Å². The van der Waals surface area contributed by atoms with Crippen molar-refractivity contribution in [3.8, 4) is 39.7 Å². The lowest BCUT2D eigenvalue weighted by molar-refractivity contribution is 0.375. The summed E-state index contributed by atoms with van der Waals surface area (Å²) in [4.78, 5) is 14.5. The molecule has 8 nitrogen and oxygen atoms in total. The first kappa shape index (κ1) is 19.5. The molecular formula is C22H19N7OS. The Morgan fingerprint density at radius 1 is 1.13 bits per heavy atom. The third-order valence-corrected chi connectivity index (χ3v) is 6.56. The molecule has 0 bridgehead atoms. The summed E-state index contributed by atoms with van der Waals surface area (Å²) in [6.07, 6.45) is 6.49. The maximum Gasteiger partial charge on any atom is 0.268 e. The predicted molar refractivity (Wildman–Crippen MR) is 116 cm³/mol. The van der Waals surface area contributed by atoms with E-state index in [0.29, 0.717) is 23.2 Å². The van der Waals surface area contributed by atoms with Crippen LogP contribution in [0.1, 0.15) is 24.1 Å². The number of thiophene rings is 1. The molecule has 0 radical (unpaired) electrons. The highest BCUT2D eigenvalue weighted by Crippen LogP contribution is 2.34. The zero-order valence-electron chi connectivity index (χ0n) is 16.9. The number of nitrogens with one attached hydrogen (secondary N) is 1. The quantitative estimate of drug-likeness (QED) is 0.521. The maximum absolute atomic E-state index is 9.88. The minimum absolute atomic E-state index is 0.318. The zero-order valence-corrected chi connectivity index (χ0v) is 17.7. The Morgan fingerprint density at radius 3 is 2.71 bits per heavy atom. The Bertz CT molecular complexity index is 1270. The van der Waals surface area contributed by atoms with Crippen molar-refractivity contribution in [2.75, 3.05) is 13.1 Å². The highest BCUT2D eigenvalue weighted by Gasteiger charge is 2.35. The van der Waals surface area contributed by atoms with Gasteiger partial charge in [0.2, 0.25) is 0 Å². The monoisotopic (exact) mass is 429 g/mol. The molecule has 0 amide bonds. The number of nitrogens with zero attached hydrogens (tertiary/aromatic N) is 6. The molecule has 0 atom stereocenters. The van der Waals surface area contributed by atoms with E-state index in [9.17, 15) is 5.26 Å². The van der Waals surface area contributed by atoms with E-state index in [2.05, 4.69) is 36.5 Å². The molecule has 1 aliphatic heterocycles. The number of piperidine rings is 1. The van der Waals surface area contributed by atoms with Crippen LogP contribution >= 0.6 is 11.3 Å². The van der Waals surface area contributed by atoms with Gasteiger partial charge in [-0.3, -0.25) is 9.97 Å². The SMILES string of the molecule is Cc1ccsc1-c1nnc(-c2cncc(-c3ccnc(C4(C#N)CCNCC4)c3)n2)o1. The topological polar surface area (TPSA) is 113 Å². The predicted octanol–water partition coefficient (Wildman–Crippen LogP) is 3.77. The van der Waals surface area contributed by atoms with Gasteiger partial charge in [0.25, 0.3) is 11.8 Å². The molecule has 1 N–H and O–H groups in total. The van der Waals surface area contributed by atoms with Gasteiger partial charge in [-0.2, -0.15) is 5.26 Å². The van der Waals surface area contributed by atoms with Crippen LogP contribution < -0.4 is 5.32 Å². The standard InChI is InChI=1S/C22H19N7OS/c1-14-3-9-31-19(14)21-29-28-20(30-21)17-12-25-11-16(27-17)15-2-6-26-18(10-15)22(13-23)4-7-24-8-5-22/h2-3,6,9-12,24H,4-5,7-8H2,1H3. The number of pyridine rings is 1. The third kappa shape index (κ3) is 3.60. The van der Waals surface area contributed by atoms with Crippen molar-refractivity contribution < 1.29 is 4.42 Å². The van der Waals surface area contributed by atoms with Crippen molar-refractivity contribution in [3.05, 3.63) is 53.4 Å². The van der Waals surface area contributed by atoms with Crippen LogP contribution in [0.5, 0.6) is 0 Å². The summed E-state index contributed by atoms with van der Waals surface area (Å²) in [5.41, 5.74) is 3.30. The van der Waals surface area contributed by atoms with Gasteiger partial charge in [-0.15, -0.1) is 21.5 Å². The summed E-state index contributed by atoms with van der Waals surface area (Å²) in [6.45, 7) is 3.61. The molecule has 0 aromatic carbocycles. The van der Waals surface area contributed by atoms with Crippen molar-refractivity contribution in [1.82, 2.24) is 30.5 Å². The van der Waals surface area contributed by atoms with Gasteiger partial charge in [-0.05, 0) is 62.0 Å². The fourth-order valence-electron chi connectivity index (χ4n) is 3.75. The number of hydrogen-bond donors (Lipinski definition) is 1. The van der Waals surface area contributed by atoms with E-state index < -0.39 is 5.41 Å². The summed E-state index contributed by atoms with van der Waals surface area (Å²) in [5, 5.41) is 23.5. The minimum Gasteiger partial charge on any atom is -0.414 e. The number of nitriles is 1. The van der Waals surface area contributed by atoms with Crippen LogP contribution in [0.3, 0.4) is 0 Å². The average molecular weight is 430 g/mol. The summed E-state index contributed by atoms with van der Waals surface area (Å²) in [7, 11) is 0. The van der Waals surface area contributed by atoms with Crippen LogP contribution in [-0.2, 0) is 5.41 Å². The van der Waals surface area contributed by atoms with Gasteiger partial charge in [-0.1, -0.05) is 0 Å².